The molecule has 0 aliphatic carbocycles. The van der Waals surface area contributed by atoms with Gasteiger partial charge in [-0.3, -0.25) is 0 Å². The predicted molar refractivity (Wildman–Crippen MR) is 92.0 cm³/mol. The summed E-state index contributed by atoms with van der Waals surface area (Å²) in [4.78, 5) is 0. The van der Waals surface area contributed by atoms with Crippen molar-refractivity contribution in [1.29, 1.82) is 0 Å². The summed E-state index contributed by atoms with van der Waals surface area (Å²) in [5, 5.41) is 16.4. The lowest BCUT2D eigenvalue weighted by atomic mass is 10.0. The van der Waals surface area contributed by atoms with Crippen molar-refractivity contribution in [3.8, 4) is 5.69 Å². The minimum Gasteiger partial charge on any atom is -0.373 e. The molecule has 3 aromatic rings. The van der Waals surface area contributed by atoms with Gasteiger partial charge in [-0.1, -0.05) is 29.8 Å². The highest BCUT2D eigenvalue weighted by atomic mass is 35.5. The minimum absolute atomic E-state index is 0.449. The molecule has 6 heteroatoms. The number of nitrogens with one attached hydrogen (secondary N) is 1. The van der Waals surface area contributed by atoms with Crippen LogP contribution in [0.5, 0.6) is 0 Å². The zero-order valence-electron chi connectivity index (χ0n) is 13.3. The maximum Gasteiger partial charge on any atom is 0.181 e. The van der Waals surface area contributed by atoms with Crippen LogP contribution in [-0.2, 0) is 5.54 Å². The highest BCUT2D eigenvalue weighted by Crippen LogP contribution is 2.27. The second-order valence-corrected chi connectivity index (χ2v) is 6.39. The summed E-state index contributed by atoms with van der Waals surface area (Å²) in [5.74, 6) is 0.725. The van der Waals surface area contributed by atoms with E-state index in [1.54, 1.807) is 4.68 Å². The van der Waals surface area contributed by atoms with Crippen LogP contribution in [0.1, 0.15) is 25.2 Å². The first-order valence-corrected chi connectivity index (χ1v) is 7.74. The van der Waals surface area contributed by atoms with Crippen molar-refractivity contribution in [2.45, 2.75) is 26.3 Å². The van der Waals surface area contributed by atoms with Gasteiger partial charge < -0.3 is 5.32 Å². The van der Waals surface area contributed by atoms with Gasteiger partial charge in [0.2, 0.25) is 0 Å². The summed E-state index contributed by atoms with van der Waals surface area (Å²) in [7, 11) is 0. The van der Waals surface area contributed by atoms with Crippen LogP contribution < -0.4 is 5.32 Å². The van der Waals surface area contributed by atoms with Crippen LogP contribution in [0.25, 0.3) is 5.69 Å². The van der Waals surface area contributed by atoms with Gasteiger partial charge >= 0.3 is 0 Å². The van der Waals surface area contributed by atoms with Crippen LogP contribution in [0.2, 0.25) is 5.02 Å². The zero-order valence-corrected chi connectivity index (χ0v) is 14.0. The van der Waals surface area contributed by atoms with E-state index in [4.69, 9.17) is 11.6 Å². The Balaban J connectivity index is 1.96. The van der Waals surface area contributed by atoms with Crippen molar-refractivity contribution in [3.05, 3.63) is 64.9 Å². The molecule has 3 rings (SSSR count). The molecule has 1 aromatic heterocycles. The first kappa shape index (κ1) is 15.5. The van der Waals surface area contributed by atoms with Gasteiger partial charge in [-0.05, 0) is 67.1 Å². The summed E-state index contributed by atoms with van der Waals surface area (Å²) < 4.78 is 1.72. The van der Waals surface area contributed by atoms with Gasteiger partial charge in [0.05, 0.1) is 11.2 Å². The lowest BCUT2D eigenvalue weighted by molar-refractivity contribution is 0.541. The summed E-state index contributed by atoms with van der Waals surface area (Å²) in [6.45, 7) is 6.18. The first-order chi connectivity index (χ1) is 11.0. The molecule has 23 heavy (non-hydrogen) atoms. The molecule has 0 aliphatic heterocycles. The van der Waals surface area contributed by atoms with Crippen molar-refractivity contribution < 1.29 is 0 Å². The number of halogens is 1. The molecule has 0 aliphatic rings. The number of rotatable bonds is 4. The number of anilines is 1. The molecule has 0 bridgehead atoms. The quantitative estimate of drug-likeness (QED) is 0.787. The smallest absolute Gasteiger partial charge is 0.181 e. The molecule has 0 unspecified atom stereocenters. The Kier molecular flexibility index (Phi) is 4.05. The van der Waals surface area contributed by atoms with Crippen LogP contribution in [0.3, 0.4) is 0 Å². The Morgan fingerprint density at radius 2 is 1.74 bits per heavy atom. The fourth-order valence-corrected chi connectivity index (χ4v) is 2.56. The number of para-hydroxylation sites is 1. The Hall–Kier alpha value is -2.40. The van der Waals surface area contributed by atoms with Crippen molar-refractivity contribution in [1.82, 2.24) is 20.2 Å². The third kappa shape index (κ3) is 3.19. The van der Waals surface area contributed by atoms with E-state index in [0.717, 1.165) is 17.2 Å². The molecule has 0 spiro atoms. The SMILES string of the molecule is Cc1ccccc1NC(C)(C)c1nnnn1-c1ccc(Cl)cc1. The van der Waals surface area contributed by atoms with Crippen LogP contribution in [0.4, 0.5) is 5.69 Å². The van der Waals surface area contributed by atoms with Gasteiger partial charge in [-0.15, -0.1) is 5.10 Å². The molecule has 0 fully saturated rings. The number of hydrogen-bond donors (Lipinski definition) is 1. The average Bonchev–Trinajstić information content (AvgIpc) is 3.01. The lowest BCUT2D eigenvalue weighted by Gasteiger charge is -2.27. The third-order valence-electron chi connectivity index (χ3n) is 3.69. The van der Waals surface area contributed by atoms with Crippen LogP contribution in [-0.4, -0.2) is 20.2 Å². The molecule has 0 radical (unpaired) electrons. The predicted octanol–water partition coefficient (Wildman–Crippen LogP) is 3.97. The molecular weight excluding hydrogens is 310 g/mol. The molecule has 2 aromatic carbocycles. The molecule has 5 nitrogen and oxygen atoms in total. The maximum absolute atomic E-state index is 5.95. The van der Waals surface area contributed by atoms with E-state index in [1.165, 1.54) is 5.56 Å². The van der Waals surface area contributed by atoms with E-state index in [9.17, 15) is 0 Å². The molecule has 118 valence electrons. The van der Waals surface area contributed by atoms with Gasteiger partial charge in [-0.25, -0.2) is 0 Å². The number of tetrazole rings is 1. The fourth-order valence-electron chi connectivity index (χ4n) is 2.44. The van der Waals surface area contributed by atoms with Crippen molar-refractivity contribution in [3.63, 3.8) is 0 Å². The highest BCUT2D eigenvalue weighted by Gasteiger charge is 2.28. The fraction of sp³-hybridized carbons (Fsp3) is 0.235. The molecule has 1 N–H and O–H groups in total. The second-order valence-electron chi connectivity index (χ2n) is 5.96. The van der Waals surface area contributed by atoms with Crippen molar-refractivity contribution >= 4 is 17.3 Å². The Labute approximate surface area is 140 Å². The van der Waals surface area contributed by atoms with Crippen LogP contribution >= 0.6 is 11.6 Å². The molecular formula is C17H18ClN5. The second kappa shape index (κ2) is 6.01. The molecule has 0 amide bonds. The normalized spacial score (nSPS) is 11.5. The Morgan fingerprint density at radius 3 is 2.43 bits per heavy atom. The first-order valence-electron chi connectivity index (χ1n) is 7.36. The lowest BCUT2D eigenvalue weighted by Crippen LogP contribution is -2.32. The van der Waals surface area contributed by atoms with Gasteiger partial charge in [0.25, 0.3) is 0 Å². The van der Waals surface area contributed by atoms with E-state index in [2.05, 4.69) is 47.7 Å². The largest absolute Gasteiger partial charge is 0.373 e. The van der Waals surface area contributed by atoms with Gasteiger partial charge in [-0.2, -0.15) is 4.68 Å². The van der Waals surface area contributed by atoms with E-state index in [-0.39, 0.29) is 0 Å². The average molecular weight is 328 g/mol. The van der Waals surface area contributed by atoms with Crippen LogP contribution in [0, 0.1) is 6.92 Å². The summed E-state index contributed by atoms with van der Waals surface area (Å²) >= 11 is 5.95. The molecule has 0 atom stereocenters. The third-order valence-corrected chi connectivity index (χ3v) is 3.94. The van der Waals surface area contributed by atoms with Crippen molar-refractivity contribution in [2.24, 2.45) is 0 Å². The van der Waals surface area contributed by atoms with Crippen LogP contribution in [0.15, 0.2) is 48.5 Å². The number of aryl methyl sites for hydroxylation is 1. The number of nitrogens with zero attached hydrogens (tertiary/aromatic N) is 4. The van der Waals surface area contributed by atoms with Gasteiger partial charge in [0, 0.05) is 10.7 Å². The summed E-state index contributed by atoms with van der Waals surface area (Å²) in [5.41, 5.74) is 2.65. The monoisotopic (exact) mass is 327 g/mol. The van der Waals surface area contributed by atoms with Gasteiger partial charge in [0.1, 0.15) is 0 Å². The highest BCUT2D eigenvalue weighted by molar-refractivity contribution is 6.30. The molecule has 0 saturated carbocycles. The van der Waals surface area contributed by atoms with E-state index < -0.39 is 5.54 Å². The van der Waals surface area contributed by atoms with E-state index in [1.807, 2.05) is 42.5 Å². The molecule has 0 saturated heterocycles. The number of benzene rings is 2. The Morgan fingerprint density at radius 1 is 1.04 bits per heavy atom. The number of hydrogen-bond acceptors (Lipinski definition) is 4. The zero-order chi connectivity index (χ0) is 16.4. The maximum atomic E-state index is 5.95. The summed E-state index contributed by atoms with van der Waals surface area (Å²) in [6.07, 6.45) is 0. The minimum atomic E-state index is -0.449. The standard InChI is InChI=1S/C17H18ClN5/c1-12-6-4-5-7-15(12)19-17(2,3)16-20-21-22-23(16)14-10-8-13(18)9-11-14/h4-11,19H,1-3H3. The number of aromatic nitrogens is 4. The summed E-state index contributed by atoms with van der Waals surface area (Å²) in [6, 6.07) is 15.6. The van der Waals surface area contributed by atoms with Gasteiger partial charge in [0.15, 0.2) is 5.82 Å². The molecule has 1 heterocycles. The van der Waals surface area contributed by atoms with Crippen molar-refractivity contribution in [2.75, 3.05) is 5.32 Å². The van der Waals surface area contributed by atoms with E-state index >= 15 is 0 Å². The van der Waals surface area contributed by atoms with E-state index in [0.29, 0.717) is 5.02 Å². The topological polar surface area (TPSA) is 55.6 Å². The Bertz CT molecular complexity index is 808.